The van der Waals surface area contributed by atoms with E-state index in [1.165, 1.54) is 11.8 Å². The highest BCUT2D eigenvalue weighted by Gasteiger charge is 2.18. The van der Waals surface area contributed by atoms with Crippen molar-refractivity contribution in [2.24, 2.45) is 0 Å². The van der Waals surface area contributed by atoms with Crippen LogP contribution in [-0.4, -0.2) is 63.8 Å². The normalized spacial score (nSPS) is 13.8. The number of amides is 2. The molecule has 1 aromatic carbocycles. The topological polar surface area (TPSA) is 104 Å². The van der Waals surface area contributed by atoms with Gasteiger partial charge in [0.2, 0.25) is 11.8 Å². The maximum Gasteiger partial charge on any atom is 0.277 e. The van der Waals surface area contributed by atoms with Crippen LogP contribution < -0.4 is 10.2 Å². The lowest BCUT2D eigenvalue weighted by Crippen LogP contribution is -2.48. The van der Waals surface area contributed by atoms with Crippen LogP contribution in [0.5, 0.6) is 0 Å². The Morgan fingerprint density at radius 3 is 2.52 bits per heavy atom. The van der Waals surface area contributed by atoms with Gasteiger partial charge in [-0.05, 0) is 36.4 Å². The monoisotopic (exact) mass is 438 g/mol. The fourth-order valence-corrected chi connectivity index (χ4v) is 3.78. The summed E-state index contributed by atoms with van der Waals surface area (Å²) in [6.45, 7) is 4.65. The Morgan fingerprint density at radius 1 is 1.06 bits per heavy atom. The van der Waals surface area contributed by atoms with Gasteiger partial charge in [-0.3, -0.25) is 14.6 Å². The smallest absolute Gasteiger partial charge is 0.277 e. The Balaban J connectivity index is 1.26. The van der Waals surface area contributed by atoms with Crippen LogP contribution in [0.25, 0.3) is 11.6 Å². The summed E-state index contributed by atoms with van der Waals surface area (Å²) in [5.41, 5.74) is 2.38. The number of aromatic nitrogens is 3. The van der Waals surface area contributed by atoms with Crippen molar-refractivity contribution < 1.29 is 14.0 Å². The van der Waals surface area contributed by atoms with Crippen molar-refractivity contribution in [2.45, 2.75) is 12.1 Å². The number of piperazine rings is 1. The molecule has 1 saturated heterocycles. The van der Waals surface area contributed by atoms with Crippen molar-refractivity contribution in [2.75, 3.05) is 42.1 Å². The van der Waals surface area contributed by atoms with Crippen molar-refractivity contribution in [3.63, 3.8) is 0 Å². The van der Waals surface area contributed by atoms with Gasteiger partial charge in [0.05, 0.1) is 5.75 Å². The van der Waals surface area contributed by atoms with E-state index in [0.29, 0.717) is 16.8 Å². The Morgan fingerprint density at radius 2 is 1.84 bits per heavy atom. The van der Waals surface area contributed by atoms with E-state index < -0.39 is 0 Å². The number of carbonyl (C=O) groups is 2. The molecular weight excluding hydrogens is 416 g/mol. The van der Waals surface area contributed by atoms with Gasteiger partial charge in [-0.2, -0.15) is 0 Å². The minimum absolute atomic E-state index is 0.115. The Kier molecular flexibility index (Phi) is 6.46. The first-order valence-corrected chi connectivity index (χ1v) is 10.8. The van der Waals surface area contributed by atoms with Crippen LogP contribution in [0.15, 0.2) is 58.3 Å². The standard InChI is InChI=1S/C21H22N6O3S/c1-15(28)26-10-12-27(13-11-26)17-7-5-16(6-8-17)23-19(29)14-31-21-25-24-20(30-21)18-4-2-3-9-22-18/h2-9H,10-14H2,1H3,(H,23,29). The maximum absolute atomic E-state index is 12.3. The third kappa shape index (κ3) is 5.40. The van der Waals surface area contributed by atoms with Crippen LogP contribution in [0.4, 0.5) is 11.4 Å². The second kappa shape index (κ2) is 9.61. The largest absolute Gasteiger partial charge is 0.410 e. The molecule has 3 heterocycles. The molecule has 4 rings (SSSR count). The summed E-state index contributed by atoms with van der Waals surface area (Å²) in [5, 5.41) is 11.1. The summed E-state index contributed by atoms with van der Waals surface area (Å²) in [6, 6.07) is 13.1. The fraction of sp³-hybridized carbons (Fsp3) is 0.286. The van der Waals surface area contributed by atoms with Crippen LogP contribution >= 0.6 is 11.8 Å². The molecule has 0 unspecified atom stereocenters. The fourth-order valence-electron chi connectivity index (χ4n) is 3.22. The molecule has 10 heteroatoms. The molecule has 31 heavy (non-hydrogen) atoms. The van der Waals surface area contributed by atoms with Gasteiger partial charge in [0.15, 0.2) is 0 Å². The molecule has 3 aromatic rings. The van der Waals surface area contributed by atoms with Gasteiger partial charge in [0.1, 0.15) is 5.69 Å². The van der Waals surface area contributed by atoms with Gasteiger partial charge in [-0.1, -0.05) is 17.8 Å². The lowest BCUT2D eigenvalue weighted by atomic mass is 10.2. The van der Waals surface area contributed by atoms with Crippen molar-refractivity contribution in [1.29, 1.82) is 0 Å². The lowest BCUT2D eigenvalue weighted by molar-refractivity contribution is -0.129. The highest BCUT2D eigenvalue weighted by Crippen LogP contribution is 2.23. The molecule has 0 radical (unpaired) electrons. The van der Waals surface area contributed by atoms with E-state index in [1.54, 1.807) is 25.3 Å². The molecule has 1 aliphatic heterocycles. The number of nitrogens with zero attached hydrogens (tertiary/aromatic N) is 5. The van der Waals surface area contributed by atoms with Gasteiger partial charge in [0.25, 0.3) is 11.1 Å². The zero-order valence-electron chi connectivity index (χ0n) is 17.0. The second-order valence-electron chi connectivity index (χ2n) is 6.96. The first-order chi connectivity index (χ1) is 15.1. The number of pyridine rings is 1. The van der Waals surface area contributed by atoms with Gasteiger partial charge in [-0.25, -0.2) is 0 Å². The van der Waals surface area contributed by atoms with Crippen LogP contribution in [-0.2, 0) is 9.59 Å². The maximum atomic E-state index is 12.3. The van der Waals surface area contributed by atoms with E-state index in [9.17, 15) is 9.59 Å². The zero-order chi connectivity index (χ0) is 21.6. The van der Waals surface area contributed by atoms with Crippen LogP contribution in [0.1, 0.15) is 6.92 Å². The number of hydrogen-bond donors (Lipinski definition) is 1. The minimum Gasteiger partial charge on any atom is -0.410 e. The molecule has 1 N–H and O–H groups in total. The predicted octanol–water partition coefficient (Wildman–Crippen LogP) is 2.53. The SMILES string of the molecule is CC(=O)N1CCN(c2ccc(NC(=O)CSc3nnc(-c4ccccn4)o3)cc2)CC1. The molecule has 160 valence electrons. The first kappa shape index (κ1) is 20.9. The lowest BCUT2D eigenvalue weighted by Gasteiger charge is -2.35. The highest BCUT2D eigenvalue weighted by atomic mass is 32.2. The number of rotatable bonds is 6. The van der Waals surface area contributed by atoms with Crippen molar-refractivity contribution in [1.82, 2.24) is 20.1 Å². The van der Waals surface area contributed by atoms with E-state index in [2.05, 4.69) is 25.4 Å². The van der Waals surface area contributed by atoms with E-state index >= 15 is 0 Å². The molecular formula is C21H22N6O3S. The third-order valence-corrected chi connectivity index (χ3v) is 5.68. The summed E-state index contributed by atoms with van der Waals surface area (Å²) < 4.78 is 5.54. The van der Waals surface area contributed by atoms with Crippen molar-refractivity contribution in [3.8, 4) is 11.6 Å². The highest BCUT2D eigenvalue weighted by molar-refractivity contribution is 7.99. The molecule has 0 bridgehead atoms. The average Bonchev–Trinajstić information content (AvgIpc) is 3.28. The molecule has 2 aromatic heterocycles. The molecule has 1 fully saturated rings. The van der Waals surface area contributed by atoms with Gasteiger partial charge >= 0.3 is 0 Å². The Labute approximate surface area is 183 Å². The number of benzene rings is 1. The number of carbonyl (C=O) groups excluding carboxylic acids is 2. The quantitative estimate of drug-likeness (QED) is 0.586. The molecule has 1 aliphatic rings. The van der Waals surface area contributed by atoms with Gasteiger partial charge in [0, 0.05) is 50.7 Å². The Bertz CT molecular complexity index is 1030. The number of nitrogens with one attached hydrogen (secondary N) is 1. The minimum atomic E-state index is -0.162. The van der Waals surface area contributed by atoms with Crippen LogP contribution in [0.3, 0.4) is 0 Å². The summed E-state index contributed by atoms with van der Waals surface area (Å²) in [5.74, 6) is 0.427. The third-order valence-electron chi connectivity index (χ3n) is 4.86. The molecule has 2 amide bonds. The summed E-state index contributed by atoms with van der Waals surface area (Å²) >= 11 is 1.17. The summed E-state index contributed by atoms with van der Waals surface area (Å²) in [6.07, 6.45) is 1.65. The second-order valence-corrected chi connectivity index (χ2v) is 7.89. The molecule has 0 aliphatic carbocycles. The molecule has 0 spiro atoms. The number of anilines is 2. The van der Waals surface area contributed by atoms with Gasteiger partial charge < -0.3 is 19.5 Å². The summed E-state index contributed by atoms with van der Waals surface area (Å²) in [4.78, 5) is 32.0. The summed E-state index contributed by atoms with van der Waals surface area (Å²) in [7, 11) is 0. The van der Waals surface area contributed by atoms with Gasteiger partial charge in [-0.15, -0.1) is 10.2 Å². The van der Waals surface area contributed by atoms with E-state index in [1.807, 2.05) is 35.2 Å². The van der Waals surface area contributed by atoms with E-state index in [4.69, 9.17) is 4.42 Å². The van der Waals surface area contributed by atoms with E-state index in [0.717, 1.165) is 37.6 Å². The predicted molar refractivity (Wildman–Crippen MR) is 118 cm³/mol. The molecule has 0 atom stereocenters. The average molecular weight is 439 g/mol. The van der Waals surface area contributed by atoms with Crippen LogP contribution in [0.2, 0.25) is 0 Å². The number of hydrogen-bond acceptors (Lipinski definition) is 8. The van der Waals surface area contributed by atoms with Crippen LogP contribution in [0, 0.1) is 0 Å². The first-order valence-electron chi connectivity index (χ1n) is 9.86. The Hall–Kier alpha value is -3.40. The number of thioether (sulfide) groups is 1. The van der Waals surface area contributed by atoms with Crippen molar-refractivity contribution >= 4 is 35.0 Å². The van der Waals surface area contributed by atoms with E-state index in [-0.39, 0.29) is 17.6 Å². The zero-order valence-corrected chi connectivity index (χ0v) is 17.8. The van der Waals surface area contributed by atoms with Crippen molar-refractivity contribution in [3.05, 3.63) is 48.7 Å². The molecule has 0 saturated carbocycles. The molecule has 9 nitrogen and oxygen atoms in total.